The summed E-state index contributed by atoms with van der Waals surface area (Å²) in [7, 11) is 0. The van der Waals surface area contributed by atoms with Crippen molar-refractivity contribution in [1.82, 2.24) is 5.32 Å². The number of aryl methyl sites for hydroxylation is 1. The van der Waals surface area contributed by atoms with Gasteiger partial charge in [0.1, 0.15) is 5.75 Å². The Morgan fingerprint density at radius 3 is 2.58 bits per heavy atom. The molecule has 2 nitrogen and oxygen atoms in total. The topological polar surface area (TPSA) is 21.3 Å². The molecule has 1 atom stereocenters. The molecule has 0 saturated carbocycles. The average molecular weight is 263 g/mol. The number of benzene rings is 1. The fraction of sp³-hybridized carbons (Fsp3) is 0.647. The molecule has 0 aliphatic rings. The summed E-state index contributed by atoms with van der Waals surface area (Å²) < 4.78 is 6.00. The molecular weight excluding hydrogens is 234 g/mol. The summed E-state index contributed by atoms with van der Waals surface area (Å²) in [6.45, 7) is 12.7. The van der Waals surface area contributed by atoms with Crippen molar-refractivity contribution in [3.8, 4) is 5.75 Å². The standard InChI is InChI=1S/C17H29NO/c1-6-18-15(5)16-10-9-14(4)12-17(16)19-11-7-8-13(2)3/h9-10,12-13,15,18H,6-8,11H2,1-5H3. The van der Waals surface area contributed by atoms with Crippen molar-refractivity contribution in [3.63, 3.8) is 0 Å². The number of hydrogen-bond acceptors (Lipinski definition) is 2. The van der Waals surface area contributed by atoms with Gasteiger partial charge >= 0.3 is 0 Å². The molecule has 0 spiro atoms. The van der Waals surface area contributed by atoms with E-state index in [0.29, 0.717) is 6.04 Å². The zero-order valence-electron chi connectivity index (χ0n) is 13.1. The molecule has 2 heteroatoms. The fourth-order valence-electron chi connectivity index (χ4n) is 2.21. The maximum Gasteiger partial charge on any atom is 0.124 e. The Hall–Kier alpha value is -1.02. The predicted molar refractivity (Wildman–Crippen MR) is 82.8 cm³/mol. The third-order valence-corrected chi connectivity index (χ3v) is 3.33. The first-order valence-electron chi connectivity index (χ1n) is 7.51. The van der Waals surface area contributed by atoms with Crippen molar-refractivity contribution in [2.24, 2.45) is 5.92 Å². The van der Waals surface area contributed by atoms with E-state index in [-0.39, 0.29) is 0 Å². The minimum atomic E-state index is 0.339. The molecule has 19 heavy (non-hydrogen) atoms. The van der Waals surface area contributed by atoms with Gasteiger partial charge in [-0.15, -0.1) is 0 Å². The number of nitrogens with one attached hydrogen (secondary N) is 1. The van der Waals surface area contributed by atoms with E-state index in [1.165, 1.54) is 17.5 Å². The minimum Gasteiger partial charge on any atom is -0.493 e. The van der Waals surface area contributed by atoms with Crippen molar-refractivity contribution in [1.29, 1.82) is 0 Å². The second kappa shape index (κ2) is 8.21. The predicted octanol–water partition coefficient (Wildman–Crippen LogP) is 4.48. The van der Waals surface area contributed by atoms with Gasteiger partial charge in [-0.3, -0.25) is 0 Å². The zero-order valence-corrected chi connectivity index (χ0v) is 13.1. The van der Waals surface area contributed by atoms with Crippen molar-refractivity contribution >= 4 is 0 Å². The Bertz CT molecular complexity index is 374. The lowest BCUT2D eigenvalue weighted by Gasteiger charge is -2.18. The van der Waals surface area contributed by atoms with E-state index in [1.54, 1.807) is 0 Å². The van der Waals surface area contributed by atoms with Crippen LogP contribution in [0.5, 0.6) is 5.75 Å². The Kier molecular flexibility index (Phi) is 6.93. The van der Waals surface area contributed by atoms with Crippen LogP contribution in [0.4, 0.5) is 0 Å². The van der Waals surface area contributed by atoms with Crippen LogP contribution in [-0.4, -0.2) is 13.2 Å². The molecule has 1 rings (SSSR count). The van der Waals surface area contributed by atoms with Gasteiger partial charge in [0.15, 0.2) is 0 Å². The Labute approximate surface area is 118 Å². The molecule has 1 unspecified atom stereocenters. The van der Waals surface area contributed by atoms with E-state index in [9.17, 15) is 0 Å². The van der Waals surface area contributed by atoms with E-state index < -0.39 is 0 Å². The van der Waals surface area contributed by atoms with Crippen LogP contribution < -0.4 is 10.1 Å². The third kappa shape index (κ3) is 5.65. The number of ether oxygens (including phenoxy) is 1. The average Bonchev–Trinajstić information content (AvgIpc) is 2.34. The van der Waals surface area contributed by atoms with Gasteiger partial charge in [0, 0.05) is 11.6 Å². The molecule has 0 aliphatic carbocycles. The van der Waals surface area contributed by atoms with Crippen LogP contribution in [0.15, 0.2) is 18.2 Å². The van der Waals surface area contributed by atoms with Gasteiger partial charge in [-0.25, -0.2) is 0 Å². The SMILES string of the molecule is CCNC(C)c1ccc(C)cc1OCCCC(C)C. The number of rotatable bonds is 8. The lowest BCUT2D eigenvalue weighted by Crippen LogP contribution is -2.18. The maximum atomic E-state index is 6.00. The lowest BCUT2D eigenvalue weighted by molar-refractivity contribution is 0.292. The van der Waals surface area contributed by atoms with Crippen LogP contribution in [-0.2, 0) is 0 Å². The van der Waals surface area contributed by atoms with Crippen LogP contribution in [0.3, 0.4) is 0 Å². The summed E-state index contributed by atoms with van der Waals surface area (Å²) in [4.78, 5) is 0. The van der Waals surface area contributed by atoms with Crippen LogP contribution >= 0.6 is 0 Å². The van der Waals surface area contributed by atoms with Crippen LogP contribution in [0.1, 0.15) is 57.7 Å². The Morgan fingerprint density at radius 2 is 1.95 bits per heavy atom. The van der Waals surface area contributed by atoms with Gasteiger partial charge in [0.2, 0.25) is 0 Å². The molecule has 0 saturated heterocycles. The van der Waals surface area contributed by atoms with E-state index in [4.69, 9.17) is 4.74 Å². The number of hydrogen-bond donors (Lipinski definition) is 1. The van der Waals surface area contributed by atoms with Gasteiger partial charge < -0.3 is 10.1 Å². The second-order valence-corrected chi connectivity index (χ2v) is 5.71. The quantitative estimate of drug-likeness (QED) is 0.698. The molecule has 1 aromatic carbocycles. The summed E-state index contributed by atoms with van der Waals surface area (Å²) in [5, 5.41) is 3.45. The third-order valence-electron chi connectivity index (χ3n) is 3.33. The molecule has 0 aromatic heterocycles. The molecule has 1 aromatic rings. The molecule has 0 heterocycles. The summed E-state index contributed by atoms with van der Waals surface area (Å²) in [6, 6.07) is 6.83. The second-order valence-electron chi connectivity index (χ2n) is 5.71. The molecule has 0 amide bonds. The van der Waals surface area contributed by atoms with Gasteiger partial charge in [-0.1, -0.05) is 32.9 Å². The molecule has 0 bridgehead atoms. The molecule has 0 radical (unpaired) electrons. The van der Waals surface area contributed by atoms with Gasteiger partial charge in [0.05, 0.1) is 6.61 Å². The first-order valence-corrected chi connectivity index (χ1v) is 7.51. The summed E-state index contributed by atoms with van der Waals surface area (Å²) >= 11 is 0. The Balaban J connectivity index is 2.66. The minimum absolute atomic E-state index is 0.339. The summed E-state index contributed by atoms with van der Waals surface area (Å²) in [6.07, 6.45) is 2.35. The molecule has 0 aliphatic heterocycles. The van der Waals surface area contributed by atoms with Gasteiger partial charge in [-0.2, -0.15) is 0 Å². The van der Waals surface area contributed by atoms with E-state index in [1.807, 2.05) is 0 Å². The van der Waals surface area contributed by atoms with Gasteiger partial charge in [0.25, 0.3) is 0 Å². The smallest absolute Gasteiger partial charge is 0.124 e. The first-order chi connectivity index (χ1) is 9.04. The van der Waals surface area contributed by atoms with E-state index in [0.717, 1.165) is 31.2 Å². The highest BCUT2D eigenvalue weighted by Crippen LogP contribution is 2.26. The summed E-state index contributed by atoms with van der Waals surface area (Å²) in [5.41, 5.74) is 2.52. The monoisotopic (exact) mass is 263 g/mol. The molecule has 1 N–H and O–H groups in total. The van der Waals surface area contributed by atoms with Crippen LogP contribution in [0.25, 0.3) is 0 Å². The first kappa shape index (κ1) is 16.0. The lowest BCUT2D eigenvalue weighted by atomic mass is 10.0. The van der Waals surface area contributed by atoms with Crippen molar-refractivity contribution in [3.05, 3.63) is 29.3 Å². The van der Waals surface area contributed by atoms with Crippen molar-refractivity contribution in [2.75, 3.05) is 13.2 Å². The van der Waals surface area contributed by atoms with E-state index >= 15 is 0 Å². The zero-order chi connectivity index (χ0) is 14.3. The van der Waals surface area contributed by atoms with Crippen LogP contribution in [0.2, 0.25) is 0 Å². The normalized spacial score (nSPS) is 12.7. The molecule has 0 fully saturated rings. The fourth-order valence-corrected chi connectivity index (χ4v) is 2.21. The largest absolute Gasteiger partial charge is 0.493 e. The molecular formula is C17H29NO. The van der Waals surface area contributed by atoms with Crippen molar-refractivity contribution < 1.29 is 4.74 Å². The van der Waals surface area contributed by atoms with Crippen LogP contribution in [0, 0.1) is 12.8 Å². The van der Waals surface area contributed by atoms with Crippen molar-refractivity contribution in [2.45, 2.75) is 53.5 Å². The highest BCUT2D eigenvalue weighted by atomic mass is 16.5. The maximum absolute atomic E-state index is 6.00. The summed E-state index contributed by atoms with van der Waals surface area (Å²) in [5.74, 6) is 1.79. The highest BCUT2D eigenvalue weighted by molar-refractivity contribution is 5.39. The van der Waals surface area contributed by atoms with Gasteiger partial charge in [-0.05, 0) is 50.8 Å². The van der Waals surface area contributed by atoms with E-state index in [2.05, 4.69) is 58.1 Å². The highest BCUT2D eigenvalue weighted by Gasteiger charge is 2.11. The Morgan fingerprint density at radius 1 is 1.21 bits per heavy atom. The molecule has 108 valence electrons.